The summed E-state index contributed by atoms with van der Waals surface area (Å²) in [4.78, 5) is 0.263. The van der Waals surface area contributed by atoms with Crippen LogP contribution in [0.4, 0.5) is 0 Å². The standard InChI is InChI=1S/C27H28N2O2S/c1-2-19-28-26(22-12-5-3-6-13-22)27(23-14-7-4-8-15-23)29-32(30,31)25-18-17-21-11-9-10-16-24(21)20-25/h3-18,20,26-29H,2,19H2,1H3/t26-,27-/m1/s1. The second-order valence-electron chi connectivity index (χ2n) is 7.86. The molecule has 4 rings (SSSR count). The minimum absolute atomic E-state index is 0.214. The lowest BCUT2D eigenvalue weighted by atomic mass is 9.94. The van der Waals surface area contributed by atoms with E-state index in [4.69, 9.17) is 0 Å². The maximum absolute atomic E-state index is 13.5. The molecule has 0 aliphatic carbocycles. The monoisotopic (exact) mass is 444 g/mol. The fraction of sp³-hybridized carbons (Fsp3) is 0.185. The van der Waals surface area contributed by atoms with Crippen molar-refractivity contribution in [2.24, 2.45) is 0 Å². The third kappa shape index (κ3) is 5.07. The van der Waals surface area contributed by atoms with Crippen LogP contribution in [-0.2, 0) is 10.0 Å². The highest BCUT2D eigenvalue weighted by Gasteiger charge is 2.29. The Hall–Kier alpha value is -2.99. The van der Waals surface area contributed by atoms with Gasteiger partial charge in [0.05, 0.1) is 17.0 Å². The summed E-state index contributed by atoms with van der Waals surface area (Å²) in [5.74, 6) is 0. The van der Waals surface area contributed by atoms with Gasteiger partial charge in [-0.15, -0.1) is 0 Å². The van der Waals surface area contributed by atoms with E-state index in [0.29, 0.717) is 0 Å². The molecule has 2 N–H and O–H groups in total. The van der Waals surface area contributed by atoms with Crippen molar-refractivity contribution >= 4 is 20.8 Å². The van der Waals surface area contributed by atoms with Gasteiger partial charge in [0.25, 0.3) is 0 Å². The SMILES string of the molecule is CCCN[C@H](c1ccccc1)[C@H](NS(=O)(=O)c1ccc2ccccc2c1)c1ccccc1. The van der Waals surface area contributed by atoms with E-state index in [1.807, 2.05) is 91.0 Å². The molecule has 0 saturated carbocycles. The molecule has 0 spiro atoms. The van der Waals surface area contributed by atoms with Gasteiger partial charge in [0, 0.05) is 0 Å². The molecule has 32 heavy (non-hydrogen) atoms. The number of nitrogens with one attached hydrogen (secondary N) is 2. The molecular weight excluding hydrogens is 416 g/mol. The van der Waals surface area contributed by atoms with Crippen molar-refractivity contribution in [2.45, 2.75) is 30.3 Å². The van der Waals surface area contributed by atoms with Crippen molar-refractivity contribution in [2.75, 3.05) is 6.54 Å². The fourth-order valence-electron chi connectivity index (χ4n) is 3.95. The van der Waals surface area contributed by atoms with E-state index in [9.17, 15) is 8.42 Å². The highest BCUT2D eigenvalue weighted by atomic mass is 32.2. The molecule has 0 saturated heterocycles. The lowest BCUT2D eigenvalue weighted by Crippen LogP contribution is -2.38. The first-order chi connectivity index (χ1) is 15.6. The van der Waals surface area contributed by atoms with Crippen LogP contribution in [0.15, 0.2) is 108 Å². The lowest BCUT2D eigenvalue weighted by Gasteiger charge is -2.30. The van der Waals surface area contributed by atoms with Crippen molar-refractivity contribution in [1.29, 1.82) is 0 Å². The fourth-order valence-corrected chi connectivity index (χ4v) is 5.22. The van der Waals surface area contributed by atoms with Crippen molar-refractivity contribution in [3.05, 3.63) is 114 Å². The minimum Gasteiger partial charge on any atom is -0.308 e. The molecule has 0 unspecified atom stereocenters. The van der Waals surface area contributed by atoms with Gasteiger partial charge in [-0.05, 0) is 47.0 Å². The topological polar surface area (TPSA) is 58.2 Å². The molecule has 2 atom stereocenters. The van der Waals surface area contributed by atoms with Gasteiger partial charge in [-0.3, -0.25) is 0 Å². The zero-order valence-corrected chi connectivity index (χ0v) is 18.9. The van der Waals surface area contributed by atoms with Crippen LogP contribution in [0.3, 0.4) is 0 Å². The predicted molar refractivity (Wildman–Crippen MR) is 131 cm³/mol. The Morgan fingerprint density at radius 2 is 1.25 bits per heavy atom. The first-order valence-corrected chi connectivity index (χ1v) is 12.4. The van der Waals surface area contributed by atoms with Gasteiger partial charge in [0.2, 0.25) is 10.0 Å². The Kier molecular flexibility index (Phi) is 7.00. The van der Waals surface area contributed by atoms with Gasteiger partial charge < -0.3 is 5.32 Å². The van der Waals surface area contributed by atoms with E-state index in [0.717, 1.165) is 34.9 Å². The van der Waals surface area contributed by atoms with Crippen LogP contribution in [0.25, 0.3) is 10.8 Å². The number of hydrogen-bond acceptors (Lipinski definition) is 3. The Morgan fingerprint density at radius 3 is 1.88 bits per heavy atom. The zero-order chi connectivity index (χ0) is 22.4. The maximum atomic E-state index is 13.5. The van der Waals surface area contributed by atoms with Crippen molar-refractivity contribution < 1.29 is 8.42 Å². The summed E-state index contributed by atoms with van der Waals surface area (Å²) in [6, 6.07) is 32.1. The molecule has 4 nitrogen and oxygen atoms in total. The van der Waals surface area contributed by atoms with Crippen LogP contribution >= 0.6 is 0 Å². The zero-order valence-electron chi connectivity index (χ0n) is 18.1. The lowest BCUT2D eigenvalue weighted by molar-refractivity contribution is 0.423. The van der Waals surface area contributed by atoms with Crippen molar-refractivity contribution in [3.8, 4) is 0 Å². The van der Waals surface area contributed by atoms with Crippen LogP contribution < -0.4 is 10.0 Å². The first-order valence-electron chi connectivity index (χ1n) is 10.9. The molecule has 4 aromatic carbocycles. The number of rotatable bonds is 9. The molecule has 0 amide bonds. The van der Waals surface area contributed by atoms with E-state index in [1.165, 1.54) is 0 Å². The first kappa shape index (κ1) is 22.2. The average molecular weight is 445 g/mol. The minimum atomic E-state index is -3.77. The number of sulfonamides is 1. The highest BCUT2D eigenvalue weighted by Crippen LogP contribution is 2.31. The normalized spacial score (nSPS) is 13.7. The van der Waals surface area contributed by atoms with E-state index >= 15 is 0 Å². The predicted octanol–water partition coefficient (Wildman–Crippen LogP) is 5.60. The molecule has 5 heteroatoms. The van der Waals surface area contributed by atoms with Crippen LogP contribution in [0.5, 0.6) is 0 Å². The molecule has 0 aromatic heterocycles. The Bertz CT molecular complexity index is 1260. The average Bonchev–Trinajstić information content (AvgIpc) is 2.84. The Balaban J connectivity index is 1.75. The largest absolute Gasteiger partial charge is 0.308 e. The van der Waals surface area contributed by atoms with E-state index in [2.05, 4.69) is 17.0 Å². The van der Waals surface area contributed by atoms with Crippen molar-refractivity contribution in [3.63, 3.8) is 0 Å². The quantitative estimate of drug-likeness (QED) is 0.353. The second-order valence-corrected chi connectivity index (χ2v) is 9.58. The summed E-state index contributed by atoms with van der Waals surface area (Å²) in [6.45, 7) is 2.88. The number of hydrogen-bond donors (Lipinski definition) is 2. The summed E-state index contributed by atoms with van der Waals surface area (Å²) in [6.07, 6.45) is 0.947. The molecule has 0 radical (unpaired) electrons. The smallest absolute Gasteiger partial charge is 0.241 e. The van der Waals surface area contributed by atoms with Crippen molar-refractivity contribution in [1.82, 2.24) is 10.0 Å². The molecule has 0 aliphatic heterocycles. The highest BCUT2D eigenvalue weighted by molar-refractivity contribution is 7.89. The number of benzene rings is 4. The molecule has 0 bridgehead atoms. The Labute approximate surface area is 190 Å². The van der Waals surface area contributed by atoms with Crippen LogP contribution in [0.1, 0.15) is 36.6 Å². The van der Waals surface area contributed by atoms with Crippen LogP contribution in [0.2, 0.25) is 0 Å². The van der Waals surface area contributed by atoms with Gasteiger partial charge >= 0.3 is 0 Å². The molecule has 4 aromatic rings. The van der Waals surface area contributed by atoms with Gasteiger partial charge in [-0.2, -0.15) is 0 Å². The maximum Gasteiger partial charge on any atom is 0.241 e. The molecule has 0 fully saturated rings. The summed E-state index contributed by atoms with van der Waals surface area (Å²) >= 11 is 0. The van der Waals surface area contributed by atoms with E-state index in [1.54, 1.807) is 12.1 Å². The summed E-state index contributed by atoms with van der Waals surface area (Å²) < 4.78 is 30.1. The van der Waals surface area contributed by atoms with Gasteiger partial charge in [-0.1, -0.05) is 97.9 Å². The van der Waals surface area contributed by atoms with Gasteiger partial charge in [-0.25, -0.2) is 13.1 Å². The number of fused-ring (bicyclic) bond motifs is 1. The molecule has 0 heterocycles. The Morgan fingerprint density at radius 1 is 0.688 bits per heavy atom. The summed E-state index contributed by atoms with van der Waals surface area (Å²) in [5.41, 5.74) is 1.95. The molecule has 164 valence electrons. The molecule has 0 aliphatic rings. The molecular formula is C27H28N2O2S. The van der Waals surface area contributed by atoms with E-state index in [-0.39, 0.29) is 10.9 Å². The van der Waals surface area contributed by atoms with Gasteiger partial charge in [0.15, 0.2) is 0 Å². The third-order valence-corrected chi connectivity index (χ3v) is 7.02. The second kappa shape index (κ2) is 10.1. The third-order valence-electron chi connectivity index (χ3n) is 5.58. The van der Waals surface area contributed by atoms with Crippen LogP contribution in [-0.4, -0.2) is 15.0 Å². The summed E-state index contributed by atoms with van der Waals surface area (Å²) in [5, 5.41) is 5.47. The van der Waals surface area contributed by atoms with Gasteiger partial charge in [0.1, 0.15) is 0 Å². The van der Waals surface area contributed by atoms with E-state index < -0.39 is 16.1 Å². The van der Waals surface area contributed by atoms with Crippen LogP contribution in [0, 0.1) is 0 Å². The summed E-state index contributed by atoms with van der Waals surface area (Å²) in [7, 11) is -3.77.